The van der Waals surface area contributed by atoms with E-state index in [1.54, 1.807) is 26.2 Å². The summed E-state index contributed by atoms with van der Waals surface area (Å²) in [6, 6.07) is 9.68. The summed E-state index contributed by atoms with van der Waals surface area (Å²) in [6.45, 7) is 5.67. The van der Waals surface area contributed by atoms with Crippen molar-refractivity contribution in [3.8, 4) is 5.75 Å². The molecule has 27 heavy (non-hydrogen) atoms. The third kappa shape index (κ3) is 4.19. The predicted molar refractivity (Wildman–Crippen MR) is 109 cm³/mol. The average Bonchev–Trinajstić information content (AvgIpc) is 2.67. The van der Waals surface area contributed by atoms with E-state index in [2.05, 4.69) is 22.9 Å². The van der Waals surface area contributed by atoms with Crippen molar-refractivity contribution in [3.63, 3.8) is 0 Å². The molecular weight excluding hydrogens is 358 g/mol. The van der Waals surface area contributed by atoms with Crippen LogP contribution in [0, 0.1) is 13.8 Å². The molecule has 0 aliphatic heterocycles. The van der Waals surface area contributed by atoms with E-state index in [0.29, 0.717) is 22.6 Å². The SMILES string of the molecule is CC[C@H](NS(=O)(=O)c1cc(C)c(OC)cc1C)c1ccc2c(c1)CCCC2. The van der Waals surface area contributed by atoms with E-state index in [1.165, 1.54) is 24.0 Å². The van der Waals surface area contributed by atoms with Gasteiger partial charge in [-0.15, -0.1) is 0 Å². The van der Waals surface area contributed by atoms with Crippen molar-refractivity contribution in [3.05, 3.63) is 58.1 Å². The molecule has 0 aromatic heterocycles. The number of nitrogens with one attached hydrogen (secondary N) is 1. The number of hydrogen-bond donors (Lipinski definition) is 1. The number of hydrogen-bond acceptors (Lipinski definition) is 3. The fourth-order valence-corrected chi connectivity index (χ4v) is 5.50. The molecule has 5 heteroatoms. The number of fused-ring (bicyclic) bond motifs is 1. The summed E-state index contributed by atoms with van der Waals surface area (Å²) < 4.78 is 34.4. The summed E-state index contributed by atoms with van der Waals surface area (Å²) in [4.78, 5) is 0.317. The summed E-state index contributed by atoms with van der Waals surface area (Å²) in [7, 11) is -2.03. The van der Waals surface area contributed by atoms with Crippen LogP contribution < -0.4 is 9.46 Å². The molecule has 0 amide bonds. The number of rotatable bonds is 6. The Bertz CT molecular complexity index is 935. The van der Waals surface area contributed by atoms with Crippen LogP contribution >= 0.6 is 0 Å². The molecule has 146 valence electrons. The highest BCUT2D eigenvalue weighted by Crippen LogP contribution is 2.29. The van der Waals surface area contributed by atoms with Gasteiger partial charge in [-0.1, -0.05) is 25.1 Å². The van der Waals surface area contributed by atoms with Crippen molar-refractivity contribution >= 4 is 10.0 Å². The van der Waals surface area contributed by atoms with E-state index < -0.39 is 10.0 Å². The second-order valence-corrected chi connectivity index (χ2v) is 9.09. The fourth-order valence-electron chi connectivity index (χ4n) is 3.88. The number of aryl methyl sites for hydroxylation is 4. The summed E-state index contributed by atoms with van der Waals surface area (Å²) in [6.07, 6.45) is 5.37. The van der Waals surface area contributed by atoms with E-state index in [0.717, 1.165) is 24.0 Å². The smallest absolute Gasteiger partial charge is 0.241 e. The number of sulfonamides is 1. The van der Waals surface area contributed by atoms with Gasteiger partial charge in [0.05, 0.1) is 12.0 Å². The number of methoxy groups -OCH3 is 1. The topological polar surface area (TPSA) is 55.4 Å². The largest absolute Gasteiger partial charge is 0.496 e. The maximum Gasteiger partial charge on any atom is 0.241 e. The second-order valence-electron chi connectivity index (χ2n) is 7.40. The monoisotopic (exact) mass is 387 g/mol. The fraction of sp³-hybridized carbons (Fsp3) is 0.455. The highest BCUT2D eigenvalue weighted by Gasteiger charge is 2.24. The highest BCUT2D eigenvalue weighted by atomic mass is 32.2. The van der Waals surface area contributed by atoms with Crippen molar-refractivity contribution in [2.24, 2.45) is 0 Å². The van der Waals surface area contributed by atoms with Crippen LogP contribution in [0.3, 0.4) is 0 Å². The molecule has 0 spiro atoms. The first kappa shape index (κ1) is 19.9. The Hall–Kier alpha value is -1.85. The van der Waals surface area contributed by atoms with Crippen LogP contribution in [-0.2, 0) is 22.9 Å². The molecule has 1 aliphatic carbocycles. The lowest BCUT2D eigenvalue weighted by molar-refractivity contribution is 0.411. The van der Waals surface area contributed by atoms with E-state index in [9.17, 15) is 8.42 Å². The molecule has 1 atom stereocenters. The minimum atomic E-state index is -3.62. The van der Waals surface area contributed by atoms with Crippen molar-refractivity contribution in [1.29, 1.82) is 0 Å². The van der Waals surface area contributed by atoms with Crippen LogP contribution in [0.1, 0.15) is 60.0 Å². The van der Waals surface area contributed by atoms with Gasteiger partial charge in [0.15, 0.2) is 0 Å². The van der Waals surface area contributed by atoms with Gasteiger partial charge in [0.1, 0.15) is 5.75 Å². The molecule has 1 N–H and O–H groups in total. The van der Waals surface area contributed by atoms with Gasteiger partial charge in [0, 0.05) is 6.04 Å². The van der Waals surface area contributed by atoms with Crippen molar-refractivity contribution in [1.82, 2.24) is 4.72 Å². The van der Waals surface area contributed by atoms with E-state index in [1.807, 2.05) is 13.8 Å². The predicted octanol–water partition coefficient (Wildman–Crippen LogP) is 4.62. The molecule has 0 saturated heterocycles. The van der Waals surface area contributed by atoms with E-state index >= 15 is 0 Å². The van der Waals surface area contributed by atoms with Crippen LogP contribution in [0.2, 0.25) is 0 Å². The Labute approximate surface area is 163 Å². The van der Waals surface area contributed by atoms with Crippen LogP contribution in [-0.4, -0.2) is 15.5 Å². The molecular formula is C22H29NO3S. The number of benzene rings is 2. The van der Waals surface area contributed by atoms with Gasteiger partial charge < -0.3 is 4.74 Å². The minimum absolute atomic E-state index is 0.232. The Kier molecular flexibility index (Phi) is 5.92. The van der Waals surface area contributed by atoms with Gasteiger partial charge in [-0.3, -0.25) is 0 Å². The molecule has 2 aromatic rings. The summed E-state index contributed by atoms with van der Waals surface area (Å²) in [5.74, 6) is 0.702. The lowest BCUT2D eigenvalue weighted by Crippen LogP contribution is -2.29. The average molecular weight is 388 g/mol. The Morgan fingerprint density at radius 3 is 2.41 bits per heavy atom. The highest BCUT2D eigenvalue weighted by molar-refractivity contribution is 7.89. The van der Waals surface area contributed by atoms with E-state index in [-0.39, 0.29) is 6.04 Å². The normalized spacial score (nSPS) is 15.3. The zero-order chi connectivity index (χ0) is 19.6. The quantitative estimate of drug-likeness (QED) is 0.787. The first-order valence-corrected chi connectivity index (χ1v) is 11.1. The molecule has 0 unspecified atom stereocenters. The summed E-state index contributed by atoms with van der Waals surface area (Å²) in [5.41, 5.74) is 5.32. The molecule has 3 rings (SSSR count). The van der Waals surface area contributed by atoms with Gasteiger partial charge in [-0.2, -0.15) is 0 Å². The van der Waals surface area contributed by atoms with Gasteiger partial charge >= 0.3 is 0 Å². The minimum Gasteiger partial charge on any atom is -0.496 e. The standard InChI is InChI=1S/C22H29NO3S/c1-5-20(19-11-10-17-8-6-7-9-18(17)14-19)23-27(24,25)22-13-15(2)21(26-4)12-16(22)3/h10-14,20,23H,5-9H2,1-4H3/t20-/m0/s1. The van der Waals surface area contributed by atoms with Gasteiger partial charge in [-0.05, 0) is 85.9 Å². The zero-order valence-corrected chi connectivity index (χ0v) is 17.4. The molecule has 0 saturated carbocycles. The third-order valence-electron chi connectivity index (χ3n) is 5.46. The first-order valence-electron chi connectivity index (χ1n) is 9.65. The lowest BCUT2D eigenvalue weighted by atomic mass is 9.89. The third-order valence-corrected chi connectivity index (χ3v) is 7.08. The number of ether oxygens (including phenoxy) is 1. The van der Waals surface area contributed by atoms with E-state index in [4.69, 9.17) is 4.74 Å². The Balaban J connectivity index is 1.91. The first-order chi connectivity index (χ1) is 12.9. The van der Waals surface area contributed by atoms with Crippen LogP contribution in [0.5, 0.6) is 5.75 Å². The van der Waals surface area contributed by atoms with Gasteiger partial charge in [0.2, 0.25) is 10.0 Å². The Morgan fingerprint density at radius 1 is 1.04 bits per heavy atom. The van der Waals surface area contributed by atoms with Gasteiger partial charge in [-0.25, -0.2) is 13.1 Å². The molecule has 4 nitrogen and oxygen atoms in total. The summed E-state index contributed by atoms with van der Waals surface area (Å²) in [5, 5.41) is 0. The lowest BCUT2D eigenvalue weighted by Gasteiger charge is -2.22. The van der Waals surface area contributed by atoms with Crippen molar-refractivity contribution < 1.29 is 13.2 Å². The molecule has 0 radical (unpaired) electrons. The molecule has 2 aromatic carbocycles. The molecule has 0 fully saturated rings. The van der Waals surface area contributed by atoms with Crippen LogP contribution in [0.25, 0.3) is 0 Å². The zero-order valence-electron chi connectivity index (χ0n) is 16.6. The summed E-state index contributed by atoms with van der Waals surface area (Å²) >= 11 is 0. The molecule has 0 heterocycles. The Morgan fingerprint density at radius 2 is 1.74 bits per heavy atom. The maximum absolute atomic E-state index is 13.1. The van der Waals surface area contributed by atoms with Crippen molar-refractivity contribution in [2.75, 3.05) is 7.11 Å². The molecule has 1 aliphatic rings. The van der Waals surface area contributed by atoms with Crippen LogP contribution in [0.15, 0.2) is 35.2 Å². The van der Waals surface area contributed by atoms with Gasteiger partial charge in [0.25, 0.3) is 0 Å². The molecule has 0 bridgehead atoms. The maximum atomic E-state index is 13.1. The second kappa shape index (κ2) is 8.03. The van der Waals surface area contributed by atoms with Crippen molar-refractivity contribution in [2.45, 2.75) is 63.8 Å². The van der Waals surface area contributed by atoms with Crippen LogP contribution in [0.4, 0.5) is 0 Å².